The van der Waals surface area contributed by atoms with Crippen LogP contribution in [0.25, 0.3) is 0 Å². The summed E-state index contributed by atoms with van der Waals surface area (Å²) in [5.41, 5.74) is 2.23. The molecule has 0 atom stereocenters. The maximum absolute atomic E-state index is 6.10. The van der Waals surface area contributed by atoms with Gasteiger partial charge in [0.1, 0.15) is 12.4 Å². The van der Waals surface area contributed by atoms with Gasteiger partial charge in [0, 0.05) is 64.8 Å². The van der Waals surface area contributed by atoms with Gasteiger partial charge in [0.25, 0.3) is 0 Å². The minimum Gasteiger partial charge on any atom is -0.492 e. The molecule has 0 radical (unpaired) electrons. The fourth-order valence-corrected chi connectivity index (χ4v) is 3.77. The quantitative estimate of drug-likeness (QED) is 0.305. The van der Waals surface area contributed by atoms with Gasteiger partial charge in [-0.25, -0.2) is 0 Å². The number of halogens is 2. The van der Waals surface area contributed by atoms with Crippen LogP contribution < -0.4 is 10.1 Å². The molecular formula is C22H33ClIN5O2. The number of benzene rings is 1. The summed E-state index contributed by atoms with van der Waals surface area (Å²) in [5.74, 6) is 1.72. The van der Waals surface area contributed by atoms with Crippen LogP contribution in [-0.4, -0.2) is 73.9 Å². The molecule has 3 rings (SSSR count). The van der Waals surface area contributed by atoms with E-state index in [1.165, 1.54) is 0 Å². The van der Waals surface area contributed by atoms with Crippen LogP contribution >= 0.6 is 35.6 Å². The highest BCUT2D eigenvalue weighted by atomic mass is 127. The lowest BCUT2D eigenvalue weighted by Gasteiger charge is -2.26. The number of rotatable bonds is 8. The lowest BCUT2D eigenvalue weighted by molar-refractivity contribution is 0.0322. The van der Waals surface area contributed by atoms with Gasteiger partial charge in [-0.2, -0.15) is 0 Å². The Labute approximate surface area is 207 Å². The molecule has 172 valence electrons. The van der Waals surface area contributed by atoms with Crippen molar-refractivity contribution in [1.82, 2.24) is 19.7 Å². The van der Waals surface area contributed by atoms with Gasteiger partial charge in [0.2, 0.25) is 0 Å². The van der Waals surface area contributed by atoms with Gasteiger partial charge in [0.05, 0.1) is 24.8 Å². The Balaban J connectivity index is 0.00000341. The Hall–Kier alpha value is -1.49. The Morgan fingerprint density at radius 3 is 2.71 bits per heavy atom. The van der Waals surface area contributed by atoms with Crippen LogP contribution in [0.4, 0.5) is 0 Å². The van der Waals surface area contributed by atoms with Gasteiger partial charge < -0.3 is 24.3 Å². The number of aromatic nitrogens is 1. The Morgan fingerprint density at radius 1 is 1.29 bits per heavy atom. The number of hydrogen-bond acceptors (Lipinski definition) is 4. The van der Waals surface area contributed by atoms with Gasteiger partial charge in [0.15, 0.2) is 5.96 Å². The summed E-state index contributed by atoms with van der Waals surface area (Å²) in [6, 6.07) is 10.1. The summed E-state index contributed by atoms with van der Waals surface area (Å²) in [4.78, 5) is 8.87. The SMILES string of the molecule is CN=C(NCc1ccccc1OCCN1CCOCC1)N(C)Cc1cc(Cl)cn1C.I. The van der Waals surface area contributed by atoms with Gasteiger partial charge in [-0.05, 0) is 12.1 Å². The highest BCUT2D eigenvalue weighted by Crippen LogP contribution is 2.18. The molecule has 0 unspecified atom stereocenters. The van der Waals surface area contributed by atoms with Crippen molar-refractivity contribution in [2.45, 2.75) is 13.1 Å². The molecule has 1 aromatic heterocycles. The van der Waals surface area contributed by atoms with Crippen LogP contribution in [-0.2, 0) is 24.9 Å². The summed E-state index contributed by atoms with van der Waals surface area (Å²) >= 11 is 6.10. The summed E-state index contributed by atoms with van der Waals surface area (Å²) < 4.78 is 13.5. The van der Waals surface area contributed by atoms with Crippen LogP contribution in [0.5, 0.6) is 5.75 Å². The van der Waals surface area contributed by atoms with E-state index in [0.29, 0.717) is 19.7 Å². The second-order valence-corrected chi connectivity index (χ2v) is 7.86. The smallest absolute Gasteiger partial charge is 0.194 e. The molecule has 7 nitrogen and oxygen atoms in total. The predicted molar refractivity (Wildman–Crippen MR) is 137 cm³/mol. The molecular weight excluding hydrogens is 529 g/mol. The molecule has 1 N–H and O–H groups in total. The number of nitrogens with zero attached hydrogens (tertiary/aromatic N) is 4. The molecule has 1 aliphatic rings. The number of guanidine groups is 1. The molecule has 0 aliphatic carbocycles. The highest BCUT2D eigenvalue weighted by Gasteiger charge is 2.12. The molecule has 2 aromatic rings. The Kier molecular flexibility index (Phi) is 10.9. The van der Waals surface area contributed by atoms with Crippen molar-refractivity contribution >= 4 is 41.5 Å². The normalized spacial score (nSPS) is 14.8. The van der Waals surface area contributed by atoms with Gasteiger partial charge in [-0.3, -0.25) is 9.89 Å². The van der Waals surface area contributed by atoms with E-state index in [2.05, 4.69) is 26.2 Å². The van der Waals surface area contributed by atoms with Crippen molar-refractivity contribution in [3.05, 3.63) is 52.8 Å². The molecule has 31 heavy (non-hydrogen) atoms. The van der Waals surface area contributed by atoms with Gasteiger partial charge >= 0.3 is 0 Å². The minimum absolute atomic E-state index is 0. The van der Waals surface area contributed by atoms with E-state index in [1.807, 2.05) is 49.1 Å². The summed E-state index contributed by atoms with van der Waals surface area (Å²) in [6.45, 7) is 6.49. The van der Waals surface area contributed by atoms with Crippen molar-refractivity contribution in [2.75, 3.05) is 53.6 Å². The third-order valence-electron chi connectivity index (χ3n) is 5.23. The summed E-state index contributed by atoms with van der Waals surface area (Å²) in [6.07, 6.45) is 1.91. The molecule has 1 aromatic carbocycles. The molecule has 9 heteroatoms. The fraction of sp³-hybridized carbons (Fsp3) is 0.500. The number of hydrogen-bond donors (Lipinski definition) is 1. The van der Waals surface area contributed by atoms with Gasteiger partial charge in [-0.1, -0.05) is 29.8 Å². The number of nitrogens with one attached hydrogen (secondary N) is 1. The molecule has 2 heterocycles. The first-order valence-corrected chi connectivity index (χ1v) is 10.7. The molecule has 1 saturated heterocycles. The topological polar surface area (TPSA) is 54.3 Å². The van der Waals surface area contributed by atoms with Gasteiger partial charge in [-0.15, -0.1) is 24.0 Å². The fourth-order valence-electron chi connectivity index (χ4n) is 3.50. The third-order valence-corrected chi connectivity index (χ3v) is 5.43. The summed E-state index contributed by atoms with van der Waals surface area (Å²) in [7, 11) is 5.80. The number of para-hydroxylation sites is 1. The monoisotopic (exact) mass is 561 g/mol. The number of morpholine rings is 1. The lowest BCUT2D eigenvalue weighted by Crippen LogP contribution is -2.39. The highest BCUT2D eigenvalue weighted by molar-refractivity contribution is 14.0. The van der Waals surface area contributed by atoms with Crippen molar-refractivity contribution in [2.24, 2.45) is 12.0 Å². The van der Waals surface area contributed by atoms with Crippen LogP contribution in [0, 0.1) is 0 Å². The first-order chi connectivity index (χ1) is 14.6. The van der Waals surface area contributed by atoms with E-state index < -0.39 is 0 Å². The Bertz CT molecular complexity index is 839. The average molecular weight is 562 g/mol. The standard InChI is InChI=1S/C22H32ClN5O2.HI/c1-24-22(27(3)17-20-14-19(23)16-26(20)2)25-15-18-6-4-5-7-21(18)30-13-10-28-8-11-29-12-9-28;/h4-7,14,16H,8-13,15,17H2,1-3H3,(H,24,25);1H. The minimum atomic E-state index is 0. The first kappa shape index (κ1) is 25.8. The lowest BCUT2D eigenvalue weighted by atomic mass is 10.2. The second-order valence-electron chi connectivity index (χ2n) is 7.43. The van der Waals surface area contributed by atoms with Crippen LogP contribution in [0.15, 0.2) is 41.5 Å². The zero-order valence-electron chi connectivity index (χ0n) is 18.5. The van der Waals surface area contributed by atoms with Crippen molar-refractivity contribution in [1.29, 1.82) is 0 Å². The summed E-state index contributed by atoms with van der Waals surface area (Å²) in [5, 5.41) is 4.18. The largest absolute Gasteiger partial charge is 0.492 e. The molecule has 1 fully saturated rings. The molecule has 0 bridgehead atoms. The van der Waals surface area contributed by atoms with Crippen molar-refractivity contribution in [3.8, 4) is 5.75 Å². The molecule has 0 spiro atoms. The van der Waals surface area contributed by atoms with E-state index in [1.54, 1.807) is 7.05 Å². The number of ether oxygens (including phenoxy) is 2. The van der Waals surface area contributed by atoms with E-state index in [0.717, 1.165) is 60.8 Å². The first-order valence-electron chi connectivity index (χ1n) is 10.3. The van der Waals surface area contributed by atoms with Crippen molar-refractivity contribution < 1.29 is 9.47 Å². The predicted octanol–water partition coefficient (Wildman–Crippen LogP) is 3.21. The van der Waals surface area contributed by atoms with E-state index in [4.69, 9.17) is 21.1 Å². The zero-order valence-corrected chi connectivity index (χ0v) is 21.6. The second kappa shape index (κ2) is 13.1. The zero-order chi connectivity index (χ0) is 21.3. The molecule has 0 amide bonds. The third kappa shape index (κ3) is 7.85. The average Bonchev–Trinajstić information content (AvgIpc) is 3.06. The Morgan fingerprint density at radius 2 is 2.03 bits per heavy atom. The van der Waals surface area contributed by atoms with Crippen molar-refractivity contribution in [3.63, 3.8) is 0 Å². The molecule has 1 aliphatic heterocycles. The van der Waals surface area contributed by atoms with Crippen LogP contribution in [0.3, 0.4) is 0 Å². The van der Waals surface area contributed by atoms with E-state index >= 15 is 0 Å². The maximum Gasteiger partial charge on any atom is 0.194 e. The van der Waals surface area contributed by atoms with E-state index in [9.17, 15) is 0 Å². The number of aryl methyl sites for hydroxylation is 1. The maximum atomic E-state index is 6.10. The van der Waals surface area contributed by atoms with E-state index in [-0.39, 0.29) is 24.0 Å². The van der Waals surface area contributed by atoms with Crippen LogP contribution in [0.2, 0.25) is 5.02 Å². The molecule has 0 saturated carbocycles. The number of aliphatic imine (C=N–C) groups is 1. The van der Waals surface area contributed by atoms with Crippen LogP contribution in [0.1, 0.15) is 11.3 Å².